The SMILES string of the molecule is C=C1CCC2C3C(C)CC4Cc5nccnc5CC4(C)C3CCC12C. The van der Waals surface area contributed by atoms with Crippen LogP contribution < -0.4 is 0 Å². The van der Waals surface area contributed by atoms with Crippen molar-refractivity contribution in [2.24, 2.45) is 40.4 Å². The molecular weight excluding hydrogens is 304 g/mol. The lowest BCUT2D eigenvalue weighted by molar-refractivity contribution is -0.111. The van der Waals surface area contributed by atoms with Crippen LogP contribution in [0.5, 0.6) is 0 Å². The molecule has 1 aromatic heterocycles. The topological polar surface area (TPSA) is 25.8 Å². The van der Waals surface area contributed by atoms with Crippen LogP contribution in [0.4, 0.5) is 0 Å². The zero-order valence-electron chi connectivity index (χ0n) is 16.1. The predicted octanol–water partition coefficient (Wildman–Crippen LogP) is 5.24. The summed E-state index contributed by atoms with van der Waals surface area (Å²) in [5.74, 6) is 4.26. The molecule has 0 aromatic carbocycles. The highest BCUT2D eigenvalue weighted by molar-refractivity contribution is 5.25. The first-order valence-corrected chi connectivity index (χ1v) is 10.4. The molecule has 2 nitrogen and oxygen atoms in total. The maximum absolute atomic E-state index is 4.73. The number of aromatic nitrogens is 2. The van der Waals surface area contributed by atoms with Crippen molar-refractivity contribution in [3.63, 3.8) is 0 Å². The number of fused-ring (bicyclic) bond motifs is 6. The normalized spacial score (nSPS) is 48.3. The van der Waals surface area contributed by atoms with Crippen molar-refractivity contribution in [3.05, 3.63) is 35.9 Å². The van der Waals surface area contributed by atoms with Crippen LogP contribution >= 0.6 is 0 Å². The van der Waals surface area contributed by atoms with Crippen LogP contribution in [-0.4, -0.2) is 9.97 Å². The Kier molecular flexibility index (Phi) is 3.32. The van der Waals surface area contributed by atoms with Crippen LogP contribution in [0.3, 0.4) is 0 Å². The van der Waals surface area contributed by atoms with Crippen LogP contribution in [-0.2, 0) is 12.8 Å². The third-order valence-corrected chi connectivity index (χ3v) is 9.23. The van der Waals surface area contributed by atoms with Crippen LogP contribution in [0.15, 0.2) is 24.5 Å². The van der Waals surface area contributed by atoms with Gasteiger partial charge in [0.2, 0.25) is 0 Å². The van der Waals surface area contributed by atoms with Crippen molar-refractivity contribution in [1.29, 1.82) is 0 Å². The van der Waals surface area contributed by atoms with Gasteiger partial charge in [-0.05, 0) is 85.4 Å². The van der Waals surface area contributed by atoms with Crippen molar-refractivity contribution in [1.82, 2.24) is 9.97 Å². The molecule has 4 aliphatic carbocycles. The highest BCUT2D eigenvalue weighted by Crippen LogP contribution is 2.67. The third kappa shape index (κ3) is 2.03. The quantitative estimate of drug-likeness (QED) is 0.606. The average Bonchev–Trinajstić information content (AvgIpc) is 2.89. The molecule has 0 aliphatic heterocycles. The summed E-state index contributed by atoms with van der Waals surface area (Å²) >= 11 is 0. The lowest BCUT2D eigenvalue weighted by Gasteiger charge is -2.61. The number of hydrogen-bond acceptors (Lipinski definition) is 2. The Labute approximate surface area is 152 Å². The standard InChI is InChI=1S/C23H32N2/c1-14-11-16-12-19-20(25-10-9-24-19)13-23(16,4)18-7-8-22(3)15(2)5-6-17(22)21(14)18/h9-10,14,16-18,21H,2,5-8,11-13H2,1,3-4H3. The molecule has 0 radical (unpaired) electrons. The third-order valence-electron chi connectivity index (χ3n) is 9.23. The van der Waals surface area contributed by atoms with Gasteiger partial charge in [0.1, 0.15) is 0 Å². The Morgan fingerprint density at radius 3 is 2.64 bits per heavy atom. The van der Waals surface area contributed by atoms with Gasteiger partial charge < -0.3 is 0 Å². The van der Waals surface area contributed by atoms with Crippen LogP contribution in [0, 0.1) is 40.4 Å². The Morgan fingerprint density at radius 2 is 1.84 bits per heavy atom. The van der Waals surface area contributed by atoms with Gasteiger partial charge in [0.15, 0.2) is 0 Å². The van der Waals surface area contributed by atoms with Crippen molar-refractivity contribution in [3.8, 4) is 0 Å². The fourth-order valence-corrected chi connectivity index (χ4v) is 7.74. The summed E-state index contributed by atoms with van der Waals surface area (Å²) in [4.78, 5) is 9.40. The summed E-state index contributed by atoms with van der Waals surface area (Å²) in [5.41, 5.74) is 4.97. The van der Waals surface area contributed by atoms with Gasteiger partial charge in [-0.3, -0.25) is 9.97 Å². The monoisotopic (exact) mass is 336 g/mol. The maximum atomic E-state index is 4.73. The minimum atomic E-state index is 0.422. The van der Waals surface area contributed by atoms with Gasteiger partial charge in [-0.15, -0.1) is 0 Å². The first-order chi connectivity index (χ1) is 11.9. The molecule has 25 heavy (non-hydrogen) atoms. The van der Waals surface area contributed by atoms with Gasteiger partial charge in [-0.25, -0.2) is 0 Å². The van der Waals surface area contributed by atoms with E-state index < -0.39 is 0 Å². The highest BCUT2D eigenvalue weighted by Gasteiger charge is 2.60. The van der Waals surface area contributed by atoms with E-state index in [0.29, 0.717) is 10.8 Å². The van der Waals surface area contributed by atoms with E-state index >= 15 is 0 Å². The van der Waals surface area contributed by atoms with E-state index in [0.717, 1.165) is 42.4 Å². The van der Waals surface area contributed by atoms with Gasteiger partial charge in [0, 0.05) is 12.4 Å². The Bertz CT molecular complexity index is 725. The Hall–Kier alpha value is -1.18. The Morgan fingerprint density at radius 1 is 1.08 bits per heavy atom. The van der Waals surface area contributed by atoms with Crippen molar-refractivity contribution >= 4 is 0 Å². The molecule has 3 saturated carbocycles. The van der Waals surface area contributed by atoms with Gasteiger partial charge >= 0.3 is 0 Å². The predicted molar refractivity (Wildman–Crippen MR) is 101 cm³/mol. The van der Waals surface area contributed by atoms with Crippen LogP contribution in [0.2, 0.25) is 0 Å². The summed E-state index contributed by atoms with van der Waals surface area (Å²) in [6, 6.07) is 0. The Balaban J connectivity index is 1.55. The fourth-order valence-electron chi connectivity index (χ4n) is 7.74. The molecule has 0 N–H and O–H groups in total. The zero-order chi connectivity index (χ0) is 17.4. The molecular formula is C23H32N2. The molecule has 4 aliphatic rings. The van der Waals surface area contributed by atoms with Gasteiger partial charge in [0.25, 0.3) is 0 Å². The second-order valence-electron chi connectivity index (χ2n) is 10.1. The fraction of sp³-hybridized carbons (Fsp3) is 0.739. The molecule has 134 valence electrons. The molecule has 2 heteroatoms. The van der Waals surface area contributed by atoms with E-state index in [-0.39, 0.29) is 0 Å². The van der Waals surface area contributed by atoms with E-state index in [2.05, 4.69) is 32.3 Å². The molecule has 0 saturated heterocycles. The van der Waals surface area contributed by atoms with Gasteiger partial charge in [-0.2, -0.15) is 0 Å². The van der Waals surface area contributed by atoms with Gasteiger partial charge in [-0.1, -0.05) is 32.9 Å². The highest BCUT2D eigenvalue weighted by atomic mass is 14.8. The first-order valence-electron chi connectivity index (χ1n) is 10.4. The van der Waals surface area contributed by atoms with Crippen molar-refractivity contribution < 1.29 is 0 Å². The molecule has 0 amide bonds. The zero-order valence-corrected chi connectivity index (χ0v) is 16.1. The second-order valence-corrected chi connectivity index (χ2v) is 10.1. The average molecular weight is 337 g/mol. The number of rotatable bonds is 0. The molecule has 5 rings (SSSR count). The van der Waals surface area contributed by atoms with E-state index in [1.54, 1.807) is 5.57 Å². The van der Waals surface area contributed by atoms with E-state index in [4.69, 9.17) is 4.98 Å². The molecule has 0 spiro atoms. The lowest BCUT2D eigenvalue weighted by atomic mass is 9.43. The molecule has 7 unspecified atom stereocenters. The molecule has 3 fully saturated rings. The van der Waals surface area contributed by atoms with Crippen molar-refractivity contribution in [2.45, 2.75) is 65.7 Å². The smallest absolute Gasteiger partial charge is 0.0624 e. The van der Waals surface area contributed by atoms with E-state index in [1.807, 2.05) is 12.4 Å². The minimum absolute atomic E-state index is 0.422. The van der Waals surface area contributed by atoms with Gasteiger partial charge in [0.05, 0.1) is 11.4 Å². The largest absolute Gasteiger partial charge is 0.258 e. The van der Waals surface area contributed by atoms with Crippen molar-refractivity contribution in [2.75, 3.05) is 0 Å². The summed E-state index contributed by atoms with van der Waals surface area (Å²) in [7, 11) is 0. The molecule has 1 aromatic rings. The van der Waals surface area contributed by atoms with E-state index in [1.165, 1.54) is 43.5 Å². The molecule has 0 bridgehead atoms. The van der Waals surface area contributed by atoms with Crippen LogP contribution in [0.25, 0.3) is 0 Å². The summed E-state index contributed by atoms with van der Waals surface area (Å²) < 4.78 is 0. The first kappa shape index (κ1) is 16.0. The minimum Gasteiger partial charge on any atom is -0.258 e. The number of nitrogens with zero attached hydrogens (tertiary/aromatic N) is 2. The second kappa shape index (κ2) is 5.18. The van der Waals surface area contributed by atoms with Crippen LogP contribution in [0.1, 0.15) is 64.3 Å². The summed E-state index contributed by atoms with van der Waals surface area (Å²) in [6.07, 6.45) is 12.9. The van der Waals surface area contributed by atoms with E-state index in [9.17, 15) is 0 Å². The lowest BCUT2D eigenvalue weighted by Crippen LogP contribution is -2.56. The summed E-state index contributed by atoms with van der Waals surface area (Å²) in [6.45, 7) is 12.2. The maximum Gasteiger partial charge on any atom is 0.0624 e. The summed E-state index contributed by atoms with van der Waals surface area (Å²) in [5, 5.41) is 0. The molecule has 1 heterocycles. The number of hydrogen-bond donors (Lipinski definition) is 0. The number of allylic oxidation sites excluding steroid dienone is 1. The molecule has 7 atom stereocenters.